The molecule has 0 spiro atoms. The minimum Gasteiger partial charge on any atom is -0.339 e. The van der Waals surface area contributed by atoms with E-state index in [9.17, 15) is 9.59 Å². The lowest BCUT2D eigenvalue weighted by atomic mass is 10.1. The zero-order valence-corrected chi connectivity index (χ0v) is 16.4. The summed E-state index contributed by atoms with van der Waals surface area (Å²) in [6.45, 7) is 4.31. The highest BCUT2D eigenvalue weighted by molar-refractivity contribution is 6.03. The largest absolute Gasteiger partial charge is 0.339 e. The van der Waals surface area contributed by atoms with E-state index in [1.807, 2.05) is 50.2 Å². The summed E-state index contributed by atoms with van der Waals surface area (Å²) in [5.74, 6) is 0.438. The molecule has 1 saturated heterocycles. The van der Waals surface area contributed by atoms with Crippen molar-refractivity contribution < 1.29 is 14.1 Å². The smallest absolute Gasteiger partial charge is 0.229 e. The number of aromatic nitrogens is 2. The summed E-state index contributed by atoms with van der Waals surface area (Å²) >= 11 is 0. The minimum absolute atomic E-state index is 0.0401. The topological polar surface area (TPSA) is 88.3 Å². The van der Waals surface area contributed by atoms with Crippen molar-refractivity contribution >= 4 is 23.2 Å². The molecule has 148 valence electrons. The fourth-order valence-corrected chi connectivity index (χ4v) is 3.35. The number of nitrogens with one attached hydrogen (secondary N) is 1. The molecule has 29 heavy (non-hydrogen) atoms. The molecule has 7 nitrogen and oxygen atoms in total. The number of benzene rings is 2. The summed E-state index contributed by atoms with van der Waals surface area (Å²) in [5, 5.41) is 6.88. The van der Waals surface area contributed by atoms with E-state index in [1.54, 1.807) is 17.0 Å². The van der Waals surface area contributed by atoms with Crippen molar-refractivity contribution in [2.24, 2.45) is 5.92 Å². The van der Waals surface area contributed by atoms with Crippen LogP contribution in [0, 0.1) is 12.8 Å². The summed E-state index contributed by atoms with van der Waals surface area (Å²) in [4.78, 5) is 31.2. The fourth-order valence-electron chi connectivity index (χ4n) is 3.35. The van der Waals surface area contributed by atoms with Crippen LogP contribution < -0.4 is 10.2 Å². The van der Waals surface area contributed by atoms with Crippen molar-refractivity contribution in [2.45, 2.75) is 26.7 Å². The molecule has 0 unspecified atom stereocenters. The Kier molecular flexibility index (Phi) is 5.12. The molecule has 1 N–H and O–H groups in total. The Hall–Kier alpha value is -3.48. The van der Waals surface area contributed by atoms with E-state index in [-0.39, 0.29) is 18.2 Å². The first-order valence-electron chi connectivity index (χ1n) is 9.64. The molecule has 2 aromatic carbocycles. The van der Waals surface area contributed by atoms with Crippen LogP contribution in [0.4, 0.5) is 11.4 Å². The molecule has 2 heterocycles. The highest BCUT2D eigenvalue weighted by atomic mass is 16.5. The molecule has 1 aliphatic rings. The molecule has 0 saturated carbocycles. The number of carbonyl (C=O) groups excluding carboxylic acids is 2. The van der Waals surface area contributed by atoms with Gasteiger partial charge in [-0.1, -0.05) is 41.9 Å². The molecule has 0 aliphatic carbocycles. The summed E-state index contributed by atoms with van der Waals surface area (Å²) in [5.41, 5.74) is 3.34. The van der Waals surface area contributed by atoms with Crippen molar-refractivity contribution in [2.75, 3.05) is 16.8 Å². The average molecular weight is 390 g/mol. The van der Waals surface area contributed by atoms with Gasteiger partial charge < -0.3 is 14.7 Å². The van der Waals surface area contributed by atoms with Crippen LogP contribution in [0.2, 0.25) is 0 Å². The zero-order chi connectivity index (χ0) is 20.4. The van der Waals surface area contributed by atoms with Gasteiger partial charge in [-0.2, -0.15) is 4.98 Å². The maximum atomic E-state index is 12.7. The normalized spacial score (nSPS) is 16.3. The van der Waals surface area contributed by atoms with Gasteiger partial charge in [0.05, 0.1) is 5.92 Å². The third kappa shape index (κ3) is 4.03. The molecular formula is C22H22N4O3. The molecule has 7 heteroatoms. The highest BCUT2D eigenvalue weighted by Gasteiger charge is 2.35. The second-order valence-electron chi connectivity index (χ2n) is 7.18. The van der Waals surface area contributed by atoms with Gasteiger partial charge in [-0.15, -0.1) is 0 Å². The second-order valence-corrected chi connectivity index (χ2v) is 7.18. The van der Waals surface area contributed by atoms with Crippen molar-refractivity contribution in [3.8, 4) is 11.4 Å². The van der Waals surface area contributed by atoms with Gasteiger partial charge >= 0.3 is 0 Å². The van der Waals surface area contributed by atoms with E-state index >= 15 is 0 Å². The monoisotopic (exact) mass is 390 g/mol. The predicted octanol–water partition coefficient (Wildman–Crippen LogP) is 3.60. The molecule has 1 atom stereocenters. The average Bonchev–Trinajstić information content (AvgIpc) is 3.36. The van der Waals surface area contributed by atoms with Crippen LogP contribution in [0.25, 0.3) is 11.4 Å². The Morgan fingerprint density at radius 1 is 1.24 bits per heavy atom. The molecule has 2 amide bonds. The number of hydrogen-bond acceptors (Lipinski definition) is 5. The van der Waals surface area contributed by atoms with Crippen LogP contribution in [0.1, 0.15) is 24.8 Å². The first-order chi connectivity index (χ1) is 14.0. The fraction of sp³-hybridized carbons (Fsp3) is 0.273. The predicted molar refractivity (Wildman–Crippen MR) is 109 cm³/mol. The SMILES string of the molecule is CCc1nc(-c2cccc(NC(=O)[C@@H]3CC(=O)N(c4ccc(C)cc4)C3)c2)no1. The van der Waals surface area contributed by atoms with E-state index in [4.69, 9.17) is 4.52 Å². The maximum Gasteiger partial charge on any atom is 0.229 e. The van der Waals surface area contributed by atoms with Crippen LogP contribution in [0.15, 0.2) is 53.1 Å². The number of aryl methyl sites for hydroxylation is 2. The molecule has 4 rings (SSSR count). The summed E-state index contributed by atoms with van der Waals surface area (Å²) in [7, 11) is 0. The van der Waals surface area contributed by atoms with Gasteiger partial charge in [0.2, 0.25) is 23.5 Å². The maximum absolute atomic E-state index is 12.7. The van der Waals surface area contributed by atoms with Gasteiger partial charge in [-0.25, -0.2) is 0 Å². The molecule has 0 bridgehead atoms. The quantitative estimate of drug-likeness (QED) is 0.719. The minimum atomic E-state index is -0.399. The highest BCUT2D eigenvalue weighted by Crippen LogP contribution is 2.27. The van der Waals surface area contributed by atoms with Gasteiger partial charge in [0.25, 0.3) is 0 Å². The van der Waals surface area contributed by atoms with Crippen molar-refractivity contribution in [1.82, 2.24) is 10.1 Å². The molecule has 1 aliphatic heterocycles. The molecular weight excluding hydrogens is 368 g/mol. The summed E-state index contributed by atoms with van der Waals surface area (Å²) in [6.07, 6.45) is 0.862. The molecule has 3 aromatic rings. The Balaban J connectivity index is 1.45. The molecule has 0 radical (unpaired) electrons. The van der Waals surface area contributed by atoms with Gasteiger partial charge in [-0.3, -0.25) is 9.59 Å². The molecule has 1 aromatic heterocycles. The Morgan fingerprint density at radius 2 is 2.03 bits per heavy atom. The van der Waals surface area contributed by atoms with Crippen LogP contribution in [-0.2, 0) is 16.0 Å². The summed E-state index contributed by atoms with van der Waals surface area (Å²) < 4.78 is 5.15. The van der Waals surface area contributed by atoms with Gasteiger partial charge in [0.15, 0.2) is 0 Å². The lowest BCUT2D eigenvalue weighted by Crippen LogP contribution is -2.28. The Bertz CT molecular complexity index is 1040. The second kappa shape index (κ2) is 7.87. The van der Waals surface area contributed by atoms with E-state index in [2.05, 4.69) is 15.5 Å². The van der Waals surface area contributed by atoms with Crippen LogP contribution in [0.5, 0.6) is 0 Å². The van der Waals surface area contributed by atoms with E-state index < -0.39 is 5.92 Å². The van der Waals surface area contributed by atoms with E-state index in [0.717, 1.165) is 16.8 Å². The number of anilines is 2. The Morgan fingerprint density at radius 3 is 2.76 bits per heavy atom. The van der Waals surface area contributed by atoms with Crippen molar-refractivity contribution in [3.05, 3.63) is 60.0 Å². The summed E-state index contributed by atoms with van der Waals surface area (Å²) in [6, 6.07) is 15.0. The van der Waals surface area contributed by atoms with Crippen molar-refractivity contribution in [3.63, 3.8) is 0 Å². The van der Waals surface area contributed by atoms with E-state index in [0.29, 0.717) is 30.4 Å². The number of hydrogen-bond donors (Lipinski definition) is 1. The van der Waals surface area contributed by atoms with Crippen LogP contribution >= 0.6 is 0 Å². The van der Waals surface area contributed by atoms with Crippen LogP contribution in [-0.4, -0.2) is 28.5 Å². The third-order valence-corrected chi connectivity index (χ3v) is 5.00. The van der Waals surface area contributed by atoms with Gasteiger partial charge in [0.1, 0.15) is 0 Å². The van der Waals surface area contributed by atoms with Crippen LogP contribution in [0.3, 0.4) is 0 Å². The first-order valence-corrected chi connectivity index (χ1v) is 9.64. The van der Waals surface area contributed by atoms with Crippen molar-refractivity contribution in [1.29, 1.82) is 0 Å². The van der Waals surface area contributed by atoms with Gasteiger partial charge in [0, 0.05) is 36.3 Å². The third-order valence-electron chi connectivity index (χ3n) is 5.00. The standard InChI is InChI=1S/C22H22N4O3/c1-3-19-24-21(25-29-19)15-5-4-6-17(11-15)23-22(28)16-12-20(27)26(13-16)18-9-7-14(2)8-10-18/h4-11,16H,3,12-13H2,1-2H3,(H,23,28)/t16-/m1/s1. The van der Waals surface area contributed by atoms with E-state index in [1.165, 1.54) is 0 Å². The number of amides is 2. The first kappa shape index (κ1) is 18.9. The lowest BCUT2D eigenvalue weighted by molar-refractivity contribution is -0.122. The van der Waals surface area contributed by atoms with Gasteiger partial charge in [-0.05, 0) is 31.2 Å². The number of rotatable bonds is 5. The lowest BCUT2D eigenvalue weighted by Gasteiger charge is -2.17. The molecule has 1 fully saturated rings. The Labute approximate surface area is 168 Å². The zero-order valence-electron chi connectivity index (χ0n) is 16.4. The number of nitrogens with zero attached hydrogens (tertiary/aromatic N) is 3. The number of carbonyl (C=O) groups is 2.